The topological polar surface area (TPSA) is 15.3 Å². The van der Waals surface area contributed by atoms with Crippen molar-refractivity contribution in [2.24, 2.45) is 0 Å². The lowest BCUT2D eigenvalue weighted by atomic mass is 9.80. The summed E-state index contributed by atoms with van der Waals surface area (Å²) in [6.45, 7) is 6.65. The largest absolute Gasteiger partial charge is 0.314 e. The maximum absolute atomic E-state index is 3.55. The zero-order valence-electron chi connectivity index (χ0n) is 12.5. The highest BCUT2D eigenvalue weighted by Crippen LogP contribution is 2.39. The van der Waals surface area contributed by atoms with Crippen LogP contribution in [0.3, 0.4) is 0 Å². The molecule has 0 saturated carbocycles. The van der Waals surface area contributed by atoms with Crippen molar-refractivity contribution in [3.8, 4) is 0 Å². The van der Waals surface area contributed by atoms with Gasteiger partial charge >= 0.3 is 0 Å². The Balaban J connectivity index is 1.79. The Hall–Kier alpha value is -1.64. The lowest BCUT2D eigenvalue weighted by Gasteiger charge is -2.44. The Labute approximate surface area is 126 Å². The highest BCUT2D eigenvalue weighted by molar-refractivity contribution is 5.43. The first-order chi connectivity index (χ1) is 10.3. The van der Waals surface area contributed by atoms with Crippen LogP contribution in [-0.4, -0.2) is 31.1 Å². The summed E-state index contributed by atoms with van der Waals surface area (Å²) in [5.74, 6) is 0.510. The lowest BCUT2D eigenvalue weighted by Crippen LogP contribution is -2.50. The number of nitrogens with one attached hydrogen (secondary N) is 1. The van der Waals surface area contributed by atoms with E-state index in [1.54, 1.807) is 0 Å². The van der Waals surface area contributed by atoms with E-state index in [-0.39, 0.29) is 0 Å². The Morgan fingerprint density at radius 3 is 2.57 bits per heavy atom. The Bertz CT molecular complexity index is 632. The summed E-state index contributed by atoms with van der Waals surface area (Å²) in [6.07, 6.45) is 0. The minimum absolute atomic E-state index is 0.510. The summed E-state index contributed by atoms with van der Waals surface area (Å²) in [5.41, 5.74) is 5.82. The highest BCUT2D eigenvalue weighted by Gasteiger charge is 2.34. The van der Waals surface area contributed by atoms with Gasteiger partial charge < -0.3 is 5.32 Å². The van der Waals surface area contributed by atoms with Gasteiger partial charge in [0.15, 0.2) is 0 Å². The number of rotatable bonds is 1. The van der Waals surface area contributed by atoms with Crippen molar-refractivity contribution in [3.63, 3.8) is 0 Å². The van der Waals surface area contributed by atoms with Crippen molar-refractivity contribution in [3.05, 3.63) is 70.8 Å². The lowest BCUT2D eigenvalue weighted by molar-refractivity contribution is 0.143. The van der Waals surface area contributed by atoms with Gasteiger partial charge in [-0.1, -0.05) is 54.1 Å². The van der Waals surface area contributed by atoms with Crippen LogP contribution in [0.1, 0.15) is 34.2 Å². The van der Waals surface area contributed by atoms with Crippen LogP contribution in [0.2, 0.25) is 0 Å². The van der Waals surface area contributed by atoms with Crippen LogP contribution in [0, 0.1) is 6.92 Å². The molecule has 2 aliphatic rings. The van der Waals surface area contributed by atoms with E-state index in [0.29, 0.717) is 12.0 Å². The van der Waals surface area contributed by atoms with Crippen LogP contribution in [0.4, 0.5) is 0 Å². The SMILES string of the molecule is Cc1ccc(C2CN3CCNCC3c3ccccc32)cc1. The molecular weight excluding hydrogens is 256 g/mol. The van der Waals surface area contributed by atoms with E-state index in [4.69, 9.17) is 0 Å². The fourth-order valence-corrected chi connectivity index (χ4v) is 3.82. The zero-order chi connectivity index (χ0) is 14.2. The highest BCUT2D eigenvalue weighted by atomic mass is 15.2. The molecule has 2 aromatic carbocycles. The molecule has 21 heavy (non-hydrogen) atoms. The van der Waals surface area contributed by atoms with Gasteiger partial charge in [-0.05, 0) is 23.6 Å². The molecule has 108 valence electrons. The molecule has 2 aliphatic heterocycles. The Kier molecular flexibility index (Phi) is 3.28. The van der Waals surface area contributed by atoms with Gasteiger partial charge in [0.2, 0.25) is 0 Å². The second-order valence-electron chi connectivity index (χ2n) is 6.31. The predicted octanol–water partition coefficient (Wildman–Crippen LogP) is 3.09. The molecule has 2 heterocycles. The fraction of sp³-hybridized carbons (Fsp3) is 0.368. The molecule has 0 aliphatic carbocycles. The fourth-order valence-electron chi connectivity index (χ4n) is 3.82. The Morgan fingerprint density at radius 2 is 1.76 bits per heavy atom. The molecule has 0 amide bonds. The van der Waals surface area contributed by atoms with Crippen LogP contribution in [0.25, 0.3) is 0 Å². The van der Waals surface area contributed by atoms with Crippen LogP contribution in [-0.2, 0) is 0 Å². The van der Waals surface area contributed by atoms with Gasteiger partial charge in [0.25, 0.3) is 0 Å². The first kappa shape index (κ1) is 13.1. The van der Waals surface area contributed by atoms with Crippen LogP contribution < -0.4 is 5.32 Å². The van der Waals surface area contributed by atoms with Crippen molar-refractivity contribution in [1.29, 1.82) is 0 Å². The van der Waals surface area contributed by atoms with Crippen molar-refractivity contribution in [2.45, 2.75) is 18.9 Å². The number of piperazine rings is 1. The quantitative estimate of drug-likeness (QED) is 0.862. The number of nitrogens with zero attached hydrogens (tertiary/aromatic N) is 1. The molecule has 2 aromatic rings. The third-order valence-corrected chi connectivity index (χ3v) is 4.98. The third kappa shape index (κ3) is 2.29. The number of hydrogen-bond acceptors (Lipinski definition) is 2. The average Bonchev–Trinajstić information content (AvgIpc) is 2.55. The van der Waals surface area contributed by atoms with Crippen LogP contribution >= 0.6 is 0 Å². The number of fused-ring (bicyclic) bond motifs is 3. The smallest absolute Gasteiger partial charge is 0.0476 e. The summed E-state index contributed by atoms with van der Waals surface area (Å²) >= 11 is 0. The van der Waals surface area contributed by atoms with Crippen LogP contribution in [0.15, 0.2) is 48.5 Å². The molecule has 2 nitrogen and oxygen atoms in total. The monoisotopic (exact) mass is 278 g/mol. The van der Waals surface area contributed by atoms with E-state index in [1.807, 2.05) is 0 Å². The minimum Gasteiger partial charge on any atom is -0.314 e. The van der Waals surface area contributed by atoms with Gasteiger partial charge in [-0.15, -0.1) is 0 Å². The molecule has 2 unspecified atom stereocenters. The Morgan fingerprint density at radius 1 is 1.00 bits per heavy atom. The average molecular weight is 278 g/mol. The van der Waals surface area contributed by atoms with Crippen molar-refractivity contribution >= 4 is 0 Å². The van der Waals surface area contributed by atoms with Gasteiger partial charge in [0, 0.05) is 38.1 Å². The van der Waals surface area contributed by atoms with E-state index in [0.717, 1.165) is 26.2 Å². The van der Waals surface area contributed by atoms with Gasteiger partial charge in [-0.3, -0.25) is 4.90 Å². The van der Waals surface area contributed by atoms with Crippen molar-refractivity contribution in [2.75, 3.05) is 26.2 Å². The molecule has 0 bridgehead atoms. The van der Waals surface area contributed by atoms with E-state index < -0.39 is 0 Å². The normalized spacial score (nSPS) is 25.2. The van der Waals surface area contributed by atoms with E-state index in [9.17, 15) is 0 Å². The van der Waals surface area contributed by atoms with Crippen molar-refractivity contribution in [1.82, 2.24) is 10.2 Å². The predicted molar refractivity (Wildman–Crippen MR) is 86.6 cm³/mol. The summed E-state index contributed by atoms with van der Waals surface area (Å²) in [4.78, 5) is 2.66. The molecule has 4 rings (SSSR count). The van der Waals surface area contributed by atoms with Crippen LogP contribution in [0.5, 0.6) is 0 Å². The molecule has 2 heteroatoms. The summed E-state index contributed by atoms with van der Waals surface area (Å²) in [5, 5.41) is 3.55. The van der Waals surface area contributed by atoms with E-state index in [1.165, 1.54) is 22.3 Å². The van der Waals surface area contributed by atoms with Gasteiger partial charge in [-0.2, -0.15) is 0 Å². The second-order valence-corrected chi connectivity index (χ2v) is 6.31. The second kappa shape index (κ2) is 5.28. The molecule has 1 fully saturated rings. The van der Waals surface area contributed by atoms with Gasteiger partial charge in [0.1, 0.15) is 0 Å². The van der Waals surface area contributed by atoms with E-state index >= 15 is 0 Å². The van der Waals surface area contributed by atoms with Crippen molar-refractivity contribution < 1.29 is 0 Å². The maximum Gasteiger partial charge on any atom is 0.0476 e. The standard InChI is InChI=1S/C19H22N2/c1-14-6-8-15(9-7-14)18-13-21-11-10-20-12-19(21)17-5-3-2-4-16(17)18/h2-9,18-20H,10-13H2,1H3. The summed E-state index contributed by atoms with van der Waals surface area (Å²) in [6, 6.07) is 18.7. The molecular formula is C19H22N2. The molecule has 0 aromatic heterocycles. The third-order valence-electron chi connectivity index (χ3n) is 4.98. The van der Waals surface area contributed by atoms with Gasteiger partial charge in [0.05, 0.1) is 0 Å². The molecule has 1 saturated heterocycles. The number of benzene rings is 2. The maximum atomic E-state index is 3.55. The molecule has 0 spiro atoms. The first-order valence-electron chi connectivity index (χ1n) is 7.93. The van der Waals surface area contributed by atoms with E-state index in [2.05, 4.69) is 65.7 Å². The van der Waals surface area contributed by atoms with Gasteiger partial charge in [-0.25, -0.2) is 0 Å². The summed E-state index contributed by atoms with van der Waals surface area (Å²) in [7, 11) is 0. The minimum atomic E-state index is 0.510. The molecule has 1 N–H and O–H groups in total. The first-order valence-corrected chi connectivity index (χ1v) is 7.93. The number of hydrogen-bond donors (Lipinski definition) is 1. The zero-order valence-corrected chi connectivity index (χ0v) is 12.5. The number of aryl methyl sites for hydroxylation is 1. The summed E-state index contributed by atoms with van der Waals surface area (Å²) < 4.78 is 0. The molecule has 2 atom stereocenters. The molecule has 0 radical (unpaired) electrons.